The smallest absolute Gasteiger partial charge is 0.251 e. The molecule has 0 bridgehead atoms. The molecule has 0 atom stereocenters. The first-order valence-corrected chi connectivity index (χ1v) is 8.80. The Morgan fingerprint density at radius 2 is 1.77 bits per heavy atom. The molecule has 0 radical (unpaired) electrons. The summed E-state index contributed by atoms with van der Waals surface area (Å²) in [6, 6.07) is 13.9. The number of para-hydroxylation sites is 1. The van der Waals surface area contributed by atoms with Crippen LogP contribution in [-0.4, -0.2) is 17.4 Å². The van der Waals surface area contributed by atoms with Gasteiger partial charge in [0.15, 0.2) is 0 Å². The van der Waals surface area contributed by atoms with Crippen LogP contribution >= 0.6 is 0 Å². The molecule has 4 N–H and O–H groups in total. The molecule has 2 aromatic carbocycles. The third kappa shape index (κ3) is 3.04. The average molecular weight is 346 g/mol. The predicted octanol–water partition coefficient (Wildman–Crippen LogP) is 4.23. The highest BCUT2D eigenvalue weighted by molar-refractivity contribution is 5.97. The molecule has 2 heterocycles. The predicted molar refractivity (Wildman–Crippen MR) is 106 cm³/mol. The van der Waals surface area contributed by atoms with Gasteiger partial charge in [-0.15, -0.1) is 0 Å². The normalized spacial score (nSPS) is 13.2. The highest BCUT2D eigenvalue weighted by Gasteiger charge is 2.14. The Balaban J connectivity index is 1.41. The number of amides is 1. The van der Waals surface area contributed by atoms with E-state index in [2.05, 4.69) is 33.1 Å². The molecule has 0 spiro atoms. The van der Waals surface area contributed by atoms with Gasteiger partial charge in [-0.1, -0.05) is 18.2 Å². The molecular weight excluding hydrogens is 324 g/mol. The van der Waals surface area contributed by atoms with E-state index in [0.29, 0.717) is 12.1 Å². The standard InChI is InChI=1S/C21H22N4O/c1-13-14(2)25-20-11-15(7-8-19(20)24-13)21(26)22-10-9-16-12-23-18-6-4-3-5-17(16)18/h3-8,11-12,23-25H,9-10H2,1-2H3,(H,22,26). The van der Waals surface area contributed by atoms with E-state index in [-0.39, 0.29) is 5.91 Å². The Kier molecular flexibility index (Phi) is 4.13. The number of benzene rings is 2. The summed E-state index contributed by atoms with van der Waals surface area (Å²) in [6.45, 7) is 4.64. The number of carbonyl (C=O) groups excluding carboxylic acids is 1. The van der Waals surface area contributed by atoms with Crippen molar-refractivity contribution in [2.75, 3.05) is 17.2 Å². The summed E-state index contributed by atoms with van der Waals surface area (Å²) < 4.78 is 0. The largest absolute Gasteiger partial charge is 0.361 e. The number of nitrogens with one attached hydrogen (secondary N) is 4. The molecule has 3 aromatic rings. The molecule has 5 heteroatoms. The third-order valence-electron chi connectivity index (χ3n) is 4.84. The first kappa shape index (κ1) is 16.3. The number of hydrogen-bond acceptors (Lipinski definition) is 3. The van der Waals surface area contributed by atoms with E-state index < -0.39 is 0 Å². The van der Waals surface area contributed by atoms with Gasteiger partial charge >= 0.3 is 0 Å². The van der Waals surface area contributed by atoms with Crippen molar-refractivity contribution in [3.63, 3.8) is 0 Å². The van der Waals surface area contributed by atoms with Gasteiger partial charge in [0.05, 0.1) is 11.4 Å². The highest BCUT2D eigenvalue weighted by atomic mass is 16.1. The quantitative estimate of drug-likeness (QED) is 0.571. The zero-order valence-electron chi connectivity index (χ0n) is 14.9. The molecule has 1 aromatic heterocycles. The summed E-state index contributed by atoms with van der Waals surface area (Å²) in [5, 5.41) is 10.9. The van der Waals surface area contributed by atoms with E-state index >= 15 is 0 Å². The Hall–Kier alpha value is -3.21. The molecule has 26 heavy (non-hydrogen) atoms. The second-order valence-electron chi connectivity index (χ2n) is 6.63. The molecule has 1 aliphatic rings. The van der Waals surface area contributed by atoms with Crippen molar-refractivity contribution in [3.05, 3.63) is 71.2 Å². The average Bonchev–Trinajstić information content (AvgIpc) is 3.05. The van der Waals surface area contributed by atoms with Crippen LogP contribution in [-0.2, 0) is 6.42 Å². The van der Waals surface area contributed by atoms with Crippen LogP contribution in [0.25, 0.3) is 10.9 Å². The molecule has 0 fully saturated rings. The molecule has 0 saturated carbocycles. The third-order valence-corrected chi connectivity index (χ3v) is 4.84. The van der Waals surface area contributed by atoms with Crippen molar-refractivity contribution in [2.24, 2.45) is 0 Å². The van der Waals surface area contributed by atoms with E-state index in [1.807, 2.05) is 50.4 Å². The van der Waals surface area contributed by atoms with Crippen LogP contribution in [0.4, 0.5) is 11.4 Å². The number of rotatable bonds is 4. The van der Waals surface area contributed by atoms with Crippen LogP contribution in [0.3, 0.4) is 0 Å². The molecule has 0 unspecified atom stereocenters. The van der Waals surface area contributed by atoms with Crippen LogP contribution in [0.15, 0.2) is 60.1 Å². The number of hydrogen-bond donors (Lipinski definition) is 4. The monoisotopic (exact) mass is 346 g/mol. The maximum absolute atomic E-state index is 12.5. The summed E-state index contributed by atoms with van der Waals surface area (Å²) in [6.07, 6.45) is 2.81. The van der Waals surface area contributed by atoms with Crippen LogP contribution in [0, 0.1) is 0 Å². The number of H-pyrrole nitrogens is 1. The van der Waals surface area contributed by atoms with E-state index in [4.69, 9.17) is 0 Å². The summed E-state index contributed by atoms with van der Waals surface area (Å²) in [5.74, 6) is -0.0571. The van der Waals surface area contributed by atoms with Gasteiger partial charge in [-0.05, 0) is 50.1 Å². The fourth-order valence-corrected chi connectivity index (χ4v) is 3.24. The van der Waals surface area contributed by atoms with E-state index in [0.717, 1.165) is 34.7 Å². The number of carbonyl (C=O) groups is 1. The fourth-order valence-electron chi connectivity index (χ4n) is 3.24. The second kappa shape index (κ2) is 6.59. The molecule has 0 saturated heterocycles. The zero-order chi connectivity index (χ0) is 18.1. The van der Waals surface area contributed by atoms with Gasteiger partial charge < -0.3 is 20.9 Å². The van der Waals surface area contributed by atoms with Crippen LogP contribution in [0.1, 0.15) is 29.8 Å². The van der Waals surface area contributed by atoms with Crippen molar-refractivity contribution in [1.29, 1.82) is 0 Å². The number of allylic oxidation sites excluding steroid dienone is 2. The van der Waals surface area contributed by atoms with E-state index in [1.165, 1.54) is 10.9 Å². The molecule has 5 nitrogen and oxygen atoms in total. The first-order chi connectivity index (χ1) is 12.6. The lowest BCUT2D eigenvalue weighted by atomic mass is 10.1. The maximum atomic E-state index is 12.5. The first-order valence-electron chi connectivity index (χ1n) is 8.80. The molecule has 1 amide bonds. The van der Waals surface area contributed by atoms with Crippen molar-refractivity contribution < 1.29 is 4.79 Å². The summed E-state index contributed by atoms with van der Waals surface area (Å²) in [5.41, 5.74) is 7.07. The Bertz CT molecular complexity index is 1020. The van der Waals surface area contributed by atoms with Crippen molar-refractivity contribution in [3.8, 4) is 0 Å². The Morgan fingerprint density at radius 1 is 1.00 bits per heavy atom. The van der Waals surface area contributed by atoms with Gasteiger partial charge in [0.1, 0.15) is 0 Å². The molecule has 1 aliphatic heterocycles. The molecule has 4 rings (SSSR count). The minimum atomic E-state index is -0.0571. The van der Waals surface area contributed by atoms with Crippen molar-refractivity contribution >= 4 is 28.2 Å². The Morgan fingerprint density at radius 3 is 2.62 bits per heavy atom. The number of aromatic amines is 1. The number of anilines is 2. The number of fused-ring (bicyclic) bond motifs is 2. The van der Waals surface area contributed by atoms with Gasteiger partial charge in [0.2, 0.25) is 0 Å². The Labute approximate surface area is 152 Å². The lowest BCUT2D eigenvalue weighted by molar-refractivity contribution is 0.0954. The van der Waals surface area contributed by atoms with Crippen LogP contribution < -0.4 is 16.0 Å². The van der Waals surface area contributed by atoms with Gasteiger partial charge in [0.25, 0.3) is 5.91 Å². The molecule has 0 aliphatic carbocycles. The van der Waals surface area contributed by atoms with Crippen LogP contribution in [0.2, 0.25) is 0 Å². The van der Waals surface area contributed by atoms with Gasteiger partial charge in [-0.3, -0.25) is 4.79 Å². The zero-order valence-corrected chi connectivity index (χ0v) is 14.9. The van der Waals surface area contributed by atoms with Crippen molar-refractivity contribution in [2.45, 2.75) is 20.3 Å². The lowest BCUT2D eigenvalue weighted by Gasteiger charge is -2.23. The summed E-state index contributed by atoms with van der Waals surface area (Å²) in [7, 11) is 0. The van der Waals surface area contributed by atoms with Gasteiger partial charge in [0, 0.05) is 40.6 Å². The molecule has 132 valence electrons. The lowest BCUT2D eigenvalue weighted by Crippen LogP contribution is -2.26. The van der Waals surface area contributed by atoms with Gasteiger partial charge in [-0.25, -0.2) is 0 Å². The van der Waals surface area contributed by atoms with Gasteiger partial charge in [-0.2, -0.15) is 0 Å². The topological polar surface area (TPSA) is 69.0 Å². The van der Waals surface area contributed by atoms with E-state index in [9.17, 15) is 4.79 Å². The maximum Gasteiger partial charge on any atom is 0.251 e. The minimum absolute atomic E-state index is 0.0571. The summed E-state index contributed by atoms with van der Waals surface area (Å²) in [4.78, 5) is 15.8. The second-order valence-corrected chi connectivity index (χ2v) is 6.63. The van der Waals surface area contributed by atoms with Crippen LogP contribution in [0.5, 0.6) is 0 Å². The van der Waals surface area contributed by atoms with E-state index in [1.54, 1.807) is 0 Å². The molecular formula is C21H22N4O. The minimum Gasteiger partial charge on any atom is -0.361 e. The SMILES string of the molecule is CC1=C(C)Nc2cc(C(=O)NCCc3c[nH]c4ccccc34)ccc2N1. The van der Waals surface area contributed by atoms with Crippen molar-refractivity contribution in [1.82, 2.24) is 10.3 Å². The summed E-state index contributed by atoms with van der Waals surface area (Å²) >= 11 is 0. The fraction of sp³-hybridized carbons (Fsp3) is 0.190. The highest BCUT2D eigenvalue weighted by Crippen LogP contribution is 2.30. The number of aromatic nitrogens is 1.